The molecule has 1 N–H and O–H groups in total. The molecule has 3 heterocycles. The number of likely N-dealkylation sites (tertiary alicyclic amines) is 1. The summed E-state index contributed by atoms with van der Waals surface area (Å²) < 4.78 is 5.63. The second kappa shape index (κ2) is 7.36. The molecule has 0 unspecified atom stereocenters. The molecule has 1 aromatic heterocycles. The van der Waals surface area contributed by atoms with Crippen LogP contribution in [0.3, 0.4) is 0 Å². The largest absolute Gasteiger partial charge is 0.493 e. The van der Waals surface area contributed by atoms with Crippen molar-refractivity contribution in [2.75, 3.05) is 19.7 Å². The highest BCUT2D eigenvalue weighted by molar-refractivity contribution is 5.94. The molecular weight excluding hydrogens is 328 g/mol. The fraction of sp³-hybridized carbons (Fsp3) is 0.429. The highest BCUT2D eigenvalue weighted by atomic mass is 16.5. The Morgan fingerprint density at radius 3 is 2.81 bits per heavy atom. The van der Waals surface area contributed by atoms with E-state index in [1.807, 2.05) is 29.2 Å². The lowest BCUT2D eigenvalue weighted by Gasteiger charge is -2.32. The van der Waals surface area contributed by atoms with E-state index in [2.05, 4.69) is 4.98 Å². The first kappa shape index (κ1) is 16.9. The number of aromatic amines is 1. The minimum absolute atomic E-state index is 0.0652. The maximum atomic E-state index is 12.8. The molecule has 0 saturated carbocycles. The van der Waals surface area contributed by atoms with Gasteiger partial charge in [-0.25, -0.2) is 0 Å². The van der Waals surface area contributed by atoms with Crippen LogP contribution in [0.4, 0.5) is 0 Å². The van der Waals surface area contributed by atoms with Crippen molar-refractivity contribution in [3.05, 3.63) is 63.6 Å². The van der Waals surface area contributed by atoms with E-state index in [4.69, 9.17) is 4.74 Å². The lowest BCUT2D eigenvalue weighted by molar-refractivity contribution is 0.0690. The standard InChI is InChI=1S/C21H24N2O3/c24-20-6-3-16(14-22-20)12-15-7-9-23(10-8-15)21(25)18-4-5-19-17(13-18)2-1-11-26-19/h3-6,13-15H,1-2,7-12H2,(H,22,24). The predicted molar refractivity (Wildman–Crippen MR) is 99.7 cm³/mol. The van der Waals surface area contributed by atoms with Crippen molar-refractivity contribution >= 4 is 5.91 Å². The van der Waals surface area contributed by atoms with Gasteiger partial charge in [-0.3, -0.25) is 9.59 Å². The number of benzene rings is 1. The summed E-state index contributed by atoms with van der Waals surface area (Å²) in [7, 11) is 0. The van der Waals surface area contributed by atoms with Gasteiger partial charge in [0.25, 0.3) is 5.91 Å². The van der Waals surface area contributed by atoms with Gasteiger partial charge in [0, 0.05) is 30.9 Å². The zero-order valence-electron chi connectivity index (χ0n) is 14.9. The molecule has 1 saturated heterocycles. The molecule has 0 bridgehead atoms. The van der Waals surface area contributed by atoms with Crippen LogP contribution in [-0.2, 0) is 12.8 Å². The van der Waals surface area contributed by atoms with Crippen molar-refractivity contribution in [2.45, 2.75) is 32.1 Å². The first-order valence-corrected chi connectivity index (χ1v) is 9.42. The highest BCUT2D eigenvalue weighted by Crippen LogP contribution is 2.27. The van der Waals surface area contributed by atoms with E-state index in [0.717, 1.165) is 74.2 Å². The average molecular weight is 352 g/mol. The average Bonchev–Trinajstić information content (AvgIpc) is 2.69. The first-order chi connectivity index (χ1) is 12.7. The third kappa shape index (κ3) is 3.66. The summed E-state index contributed by atoms with van der Waals surface area (Å²) in [6.07, 6.45) is 6.75. The van der Waals surface area contributed by atoms with Crippen LogP contribution < -0.4 is 10.3 Å². The third-order valence-corrected chi connectivity index (χ3v) is 5.43. The fourth-order valence-electron chi connectivity index (χ4n) is 3.92. The molecule has 5 heteroatoms. The summed E-state index contributed by atoms with van der Waals surface area (Å²) >= 11 is 0. The normalized spacial score (nSPS) is 17.5. The van der Waals surface area contributed by atoms with Crippen molar-refractivity contribution in [3.63, 3.8) is 0 Å². The van der Waals surface area contributed by atoms with Gasteiger partial charge in [-0.2, -0.15) is 0 Å². The van der Waals surface area contributed by atoms with Gasteiger partial charge in [-0.05, 0) is 67.3 Å². The Morgan fingerprint density at radius 1 is 1.19 bits per heavy atom. The number of hydrogen-bond acceptors (Lipinski definition) is 3. The SMILES string of the molecule is O=C(c1ccc2c(c1)CCCO2)N1CCC(Cc2ccc(=O)[nH]c2)CC1. The lowest BCUT2D eigenvalue weighted by Crippen LogP contribution is -2.39. The zero-order valence-corrected chi connectivity index (χ0v) is 14.9. The zero-order chi connectivity index (χ0) is 17.9. The molecule has 5 nitrogen and oxygen atoms in total. The molecule has 2 aromatic rings. The van der Waals surface area contributed by atoms with Gasteiger partial charge in [0.15, 0.2) is 0 Å². The first-order valence-electron chi connectivity index (χ1n) is 9.42. The Labute approximate surface area is 153 Å². The molecule has 26 heavy (non-hydrogen) atoms. The molecular formula is C21H24N2O3. The number of aromatic nitrogens is 1. The number of amides is 1. The van der Waals surface area contributed by atoms with E-state index >= 15 is 0 Å². The van der Waals surface area contributed by atoms with Crippen molar-refractivity contribution in [1.29, 1.82) is 0 Å². The third-order valence-electron chi connectivity index (χ3n) is 5.43. The summed E-state index contributed by atoms with van der Waals surface area (Å²) in [5.41, 5.74) is 3.01. The van der Waals surface area contributed by atoms with Gasteiger partial charge in [0.2, 0.25) is 5.56 Å². The van der Waals surface area contributed by atoms with Crippen molar-refractivity contribution in [3.8, 4) is 5.75 Å². The van der Waals surface area contributed by atoms with Gasteiger partial charge >= 0.3 is 0 Å². The van der Waals surface area contributed by atoms with E-state index in [-0.39, 0.29) is 11.5 Å². The lowest BCUT2D eigenvalue weighted by atomic mass is 9.90. The van der Waals surface area contributed by atoms with Crippen LogP contribution in [-0.4, -0.2) is 35.5 Å². The van der Waals surface area contributed by atoms with Crippen LogP contribution in [0.1, 0.15) is 40.7 Å². The van der Waals surface area contributed by atoms with Gasteiger partial charge in [0.1, 0.15) is 5.75 Å². The van der Waals surface area contributed by atoms with Crippen molar-refractivity contribution in [2.24, 2.45) is 5.92 Å². The van der Waals surface area contributed by atoms with E-state index in [1.165, 1.54) is 0 Å². The van der Waals surface area contributed by atoms with E-state index in [1.54, 1.807) is 12.3 Å². The van der Waals surface area contributed by atoms with E-state index < -0.39 is 0 Å². The number of nitrogens with zero attached hydrogens (tertiary/aromatic N) is 1. The number of carbonyl (C=O) groups is 1. The summed E-state index contributed by atoms with van der Waals surface area (Å²) in [4.78, 5) is 28.7. The van der Waals surface area contributed by atoms with Crippen LogP contribution in [0, 0.1) is 5.92 Å². The quantitative estimate of drug-likeness (QED) is 0.924. The molecule has 0 spiro atoms. The summed E-state index contributed by atoms with van der Waals surface area (Å²) in [5, 5.41) is 0. The fourth-order valence-corrected chi connectivity index (χ4v) is 3.92. The molecule has 0 aliphatic carbocycles. The summed E-state index contributed by atoms with van der Waals surface area (Å²) in [5.74, 6) is 1.61. The Bertz CT molecular complexity index is 830. The molecule has 0 atom stereocenters. The summed E-state index contributed by atoms with van der Waals surface area (Å²) in [6, 6.07) is 9.30. The number of pyridine rings is 1. The maximum absolute atomic E-state index is 12.8. The molecule has 136 valence electrons. The number of piperidine rings is 1. The minimum Gasteiger partial charge on any atom is -0.493 e. The van der Waals surface area contributed by atoms with Crippen LogP contribution in [0.25, 0.3) is 0 Å². The smallest absolute Gasteiger partial charge is 0.253 e. The highest BCUT2D eigenvalue weighted by Gasteiger charge is 2.24. The molecule has 1 aromatic carbocycles. The van der Waals surface area contributed by atoms with Gasteiger partial charge in [-0.15, -0.1) is 0 Å². The van der Waals surface area contributed by atoms with Crippen molar-refractivity contribution in [1.82, 2.24) is 9.88 Å². The monoisotopic (exact) mass is 352 g/mol. The Balaban J connectivity index is 1.36. The number of rotatable bonds is 3. The molecule has 0 radical (unpaired) electrons. The van der Waals surface area contributed by atoms with Gasteiger partial charge < -0.3 is 14.6 Å². The molecule has 4 rings (SSSR count). The number of hydrogen-bond donors (Lipinski definition) is 1. The number of nitrogens with one attached hydrogen (secondary N) is 1. The second-order valence-corrected chi connectivity index (χ2v) is 7.28. The predicted octanol–water partition coefficient (Wildman–Crippen LogP) is 2.79. The van der Waals surface area contributed by atoms with Crippen LogP contribution >= 0.6 is 0 Å². The van der Waals surface area contributed by atoms with E-state index in [9.17, 15) is 9.59 Å². The number of carbonyl (C=O) groups excluding carboxylic acids is 1. The molecule has 1 fully saturated rings. The Kier molecular flexibility index (Phi) is 4.78. The molecule has 2 aliphatic rings. The molecule has 1 amide bonds. The van der Waals surface area contributed by atoms with Gasteiger partial charge in [0.05, 0.1) is 6.61 Å². The summed E-state index contributed by atoms with van der Waals surface area (Å²) in [6.45, 7) is 2.35. The number of aryl methyl sites for hydroxylation is 1. The van der Waals surface area contributed by atoms with Crippen LogP contribution in [0.15, 0.2) is 41.3 Å². The number of H-pyrrole nitrogens is 1. The number of ether oxygens (including phenoxy) is 1. The topological polar surface area (TPSA) is 62.4 Å². The Morgan fingerprint density at radius 2 is 2.04 bits per heavy atom. The Hall–Kier alpha value is -2.56. The number of fused-ring (bicyclic) bond motifs is 1. The maximum Gasteiger partial charge on any atom is 0.253 e. The molecule has 2 aliphatic heterocycles. The van der Waals surface area contributed by atoms with Crippen LogP contribution in [0.2, 0.25) is 0 Å². The second-order valence-electron chi connectivity index (χ2n) is 7.28. The van der Waals surface area contributed by atoms with Crippen molar-refractivity contribution < 1.29 is 9.53 Å². The van der Waals surface area contributed by atoms with Crippen LogP contribution in [0.5, 0.6) is 5.75 Å². The minimum atomic E-state index is -0.0652. The van der Waals surface area contributed by atoms with Gasteiger partial charge in [-0.1, -0.05) is 6.07 Å². The van der Waals surface area contributed by atoms with E-state index in [0.29, 0.717) is 5.92 Å².